The summed E-state index contributed by atoms with van der Waals surface area (Å²) in [6.07, 6.45) is -2.08. The van der Waals surface area contributed by atoms with Gasteiger partial charge in [0.1, 0.15) is 5.82 Å². The second-order valence-corrected chi connectivity index (χ2v) is 8.53. The van der Waals surface area contributed by atoms with E-state index in [1.54, 1.807) is 0 Å². The minimum absolute atomic E-state index is 0.144. The Kier molecular flexibility index (Phi) is 8.61. The van der Waals surface area contributed by atoms with E-state index in [1.807, 2.05) is 30.3 Å². The fourth-order valence-corrected chi connectivity index (χ4v) is 3.98. The van der Waals surface area contributed by atoms with E-state index in [0.29, 0.717) is 12.8 Å². The van der Waals surface area contributed by atoms with Crippen LogP contribution in [-0.4, -0.2) is 40.2 Å². The van der Waals surface area contributed by atoms with Gasteiger partial charge in [-0.15, -0.1) is 0 Å². The van der Waals surface area contributed by atoms with Crippen LogP contribution in [0.2, 0.25) is 0 Å². The molecule has 6 nitrogen and oxygen atoms in total. The third kappa shape index (κ3) is 7.11. The Bertz CT molecular complexity index is 1290. The molecular weight excluding hydrogens is 504 g/mol. The van der Waals surface area contributed by atoms with Crippen molar-refractivity contribution < 1.29 is 41.0 Å². The summed E-state index contributed by atoms with van der Waals surface area (Å²) in [7, 11) is 0. The second kappa shape index (κ2) is 11.5. The topological polar surface area (TPSA) is 91.3 Å². The molecule has 12 heteroatoms. The van der Waals surface area contributed by atoms with Gasteiger partial charge in [0, 0.05) is 17.5 Å². The van der Waals surface area contributed by atoms with Gasteiger partial charge < -0.3 is 15.7 Å². The first kappa shape index (κ1) is 27.8. The number of rotatable bonds is 4. The van der Waals surface area contributed by atoms with Gasteiger partial charge in [0.25, 0.3) is 5.91 Å². The number of alkyl halides is 3. The van der Waals surface area contributed by atoms with E-state index in [-0.39, 0.29) is 12.1 Å². The van der Waals surface area contributed by atoms with E-state index in [0.717, 1.165) is 47.3 Å². The molecule has 0 unspecified atom stereocenters. The van der Waals surface area contributed by atoms with Gasteiger partial charge in [-0.25, -0.2) is 22.9 Å². The van der Waals surface area contributed by atoms with Crippen molar-refractivity contribution in [2.45, 2.75) is 50.9 Å². The minimum atomic E-state index is -5.08. The lowest BCUT2D eigenvalue weighted by molar-refractivity contribution is -0.192. The standard InChI is InChI=1S/C23H22F3N3O.C2HF3O2/c1-13-12-20(29-19-5-3-2-4-16(13)19)27-14-6-8-15(9-7-14)28-23(30)17-10-11-18(24)22(26)21(17)25;3-2(4,5)1(6)7/h2-5,10-12,14-15H,6-9H2,1H3,(H,27,29)(H,28,30);(H,6,7). The molecule has 0 saturated heterocycles. The molecule has 0 aliphatic heterocycles. The Balaban J connectivity index is 0.000000479. The van der Waals surface area contributed by atoms with Gasteiger partial charge in [-0.3, -0.25) is 4.79 Å². The third-order valence-electron chi connectivity index (χ3n) is 5.86. The van der Waals surface area contributed by atoms with Gasteiger partial charge >= 0.3 is 12.1 Å². The van der Waals surface area contributed by atoms with Gasteiger partial charge in [0.2, 0.25) is 0 Å². The highest BCUT2D eigenvalue weighted by molar-refractivity contribution is 5.94. The molecule has 1 heterocycles. The van der Waals surface area contributed by atoms with Crippen LogP contribution in [0.25, 0.3) is 10.9 Å². The van der Waals surface area contributed by atoms with E-state index in [2.05, 4.69) is 22.5 Å². The van der Waals surface area contributed by atoms with E-state index < -0.39 is 41.1 Å². The first-order valence-electron chi connectivity index (χ1n) is 11.2. The van der Waals surface area contributed by atoms with E-state index in [1.165, 1.54) is 0 Å². The number of carboxylic acids is 1. The number of amides is 1. The van der Waals surface area contributed by atoms with Crippen molar-refractivity contribution in [2.24, 2.45) is 0 Å². The molecule has 1 aromatic heterocycles. The predicted octanol–water partition coefficient (Wildman–Crippen LogP) is 5.75. The number of pyridine rings is 1. The number of halogens is 6. The molecule has 1 fully saturated rings. The van der Waals surface area contributed by atoms with Gasteiger partial charge in [-0.1, -0.05) is 18.2 Å². The number of para-hydroxylation sites is 1. The first-order chi connectivity index (χ1) is 17.4. The average Bonchev–Trinajstić information content (AvgIpc) is 2.83. The summed E-state index contributed by atoms with van der Waals surface area (Å²) < 4.78 is 72.0. The third-order valence-corrected chi connectivity index (χ3v) is 5.86. The van der Waals surface area contributed by atoms with Gasteiger partial charge in [-0.05, 0) is 62.4 Å². The first-order valence-corrected chi connectivity index (χ1v) is 11.2. The molecule has 0 spiro atoms. The van der Waals surface area contributed by atoms with E-state index in [9.17, 15) is 31.1 Å². The number of aromatic nitrogens is 1. The smallest absolute Gasteiger partial charge is 0.475 e. The molecule has 37 heavy (non-hydrogen) atoms. The molecule has 1 aliphatic carbocycles. The van der Waals surface area contributed by atoms with Crippen LogP contribution in [-0.2, 0) is 4.79 Å². The molecule has 2 aromatic carbocycles. The second-order valence-electron chi connectivity index (χ2n) is 8.53. The van der Waals surface area contributed by atoms with Gasteiger partial charge in [0.15, 0.2) is 17.5 Å². The summed E-state index contributed by atoms with van der Waals surface area (Å²) in [5.74, 6) is -7.06. The summed E-state index contributed by atoms with van der Waals surface area (Å²) in [6.45, 7) is 2.05. The normalized spacial score (nSPS) is 17.5. The number of carbonyl (C=O) groups excluding carboxylic acids is 1. The molecule has 1 aliphatic rings. The number of hydrogen-bond acceptors (Lipinski definition) is 4. The van der Waals surface area contributed by atoms with Crippen LogP contribution in [0.15, 0.2) is 42.5 Å². The van der Waals surface area contributed by atoms with Crippen LogP contribution >= 0.6 is 0 Å². The SMILES string of the molecule is Cc1cc(NC2CCC(NC(=O)c3ccc(F)c(F)c3F)CC2)nc2ccccc12.O=C(O)C(F)(F)F. The molecule has 0 atom stereocenters. The zero-order valence-corrected chi connectivity index (χ0v) is 19.5. The maximum Gasteiger partial charge on any atom is 0.490 e. The van der Waals surface area contributed by atoms with Crippen molar-refractivity contribution >= 4 is 28.6 Å². The van der Waals surface area contributed by atoms with Crippen molar-refractivity contribution in [3.8, 4) is 0 Å². The Morgan fingerprint density at radius 3 is 2.16 bits per heavy atom. The summed E-state index contributed by atoms with van der Waals surface area (Å²) in [6, 6.07) is 11.8. The lowest BCUT2D eigenvalue weighted by atomic mass is 9.91. The Hall–Kier alpha value is -3.83. The van der Waals surface area contributed by atoms with Crippen LogP contribution in [0.1, 0.15) is 41.6 Å². The Morgan fingerprint density at radius 2 is 1.54 bits per heavy atom. The molecule has 3 N–H and O–H groups in total. The molecule has 3 aromatic rings. The molecule has 0 bridgehead atoms. The molecule has 1 amide bonds. The van der Waals surface area contributed by atoms with Crippen LogP contribution < -0.4 is 10.6 Å². The number of fused-ring (bicyclic) bond motifs is 1. The average molecular weight is 527 g/mol. The maximum absolute atomic E-state index is 13.8. The fourth-order valence-electron chi connectivity index (χ4n) is 3.98. The number of aryl methyl sites for hydroxylation is 1. The van der Waals surface area contributed by atoms with Gasteiger partial charge in [-0.2, -0.15) is 13.2 Å². The van der Waals surface area contributed by atoms with Crippen molar-refractivity contribution in [1.29, 1.82) is 0 Å². The number of aliphatic carboxylic acids is 1. The maximum atomic E-state index is 13.8. The van der Waals surface area contributed by atoms with Crippen LogP contribution in [0.4, 0.5) is 32.2 Å². The summed E-state index contributed by atoms with van der Waals surface area (Å²) in [4.78, 5) is 25.8. The van der Waals surface area contributed by atoms with Crippen molar-refractivity contribution in [2.75, 3.05) is 5.32 Å². The quantitative estimate of drug-likeness (QED) is 0.297. The lowest BCUT2D eigenvalue weighted by Crippen LogP contribution is -2.40. The lowest BCUT2D eigenvalue weighted by Gasteiger charge is -2.30. The van der Waals surface area contributed by atoms with E-state index >= 15 is 0 Å². The number of anilines is 1. The van der Waals surface area contributed by atoms with Crippen LogP contribution in [0.5, 0.6) is 0 Å². The predicted molar refractivity (Wildman–Crippen MR) is 124 cm³/mol. The van der Waals surface area contributed by atoms with E-state index in [4.69, 9.17) is 9.90 Å². The van der Waals surface area contributed by atoms with Crippen LogP contribution in [0.3, 0.4) is 0 Å². The highest BCUT2D eigenvalue weighted by atomic mass is 19.4. The zero-order valence-electron chi connectivity index (χ0n) is 19.5. The molecule has 4 rings (SSSR count). The summed E-state index contributed by atoms with van der Waals surface area (Å²) >= 11 is 0. The number of carboxylic acid groups (broad SMARTS) is 1. The van der Waals surface area contributed by atoms with Crippen molar-refractivity contribution in [3.05, 3.63) is 71.0 Å². The molecule has 198 valence electrons. The number of carbonyl (C=O) groups is 2. The van der Waals surface area contributed by atoms with Crippen molar-refractivity contribution in [1.82, 2.24) is 10.3 Å². The molecule has 0 radical (unpaired) electrons. The highest BCUT2D eigenvalue weighted by Crippen LogP contribution is 2.25. The monoisotopic (exact) mass is 527 g/mol. The number of benzene rings is 2. The zero-order chi connectivity index (χ0) is 27.3. The van der Waals surface area contributed by atoms with Crippen LogP contribution in [0, 0.1) is 24.4 Å². The van der Waals surface area contributed by atoms with Crippen molar-refractivity contribution in [3.63, 3.8) is 0 Å². The number of hydrogen-bond donors (Lipinski definition) is 3. The fraction of sp³-hybridized carbons (Fsp3) is 0.320. The summed E-state index contributed by atoms with van der Waals surface area (Å²) in [5, 5.41) is 14.4. The minimum Gasteiger partial charge on any atom is -0.475 e. The number of nitrogens with zero attached hydrogens (tertiary/aromatic N) is 1. The summed E-state index contributed by atoms with van der Waals surface area (Å²) in [5.41, 5.74) is 1.61. The van der Waals surface area contributed by atoms with Gasteiger partial charge in [0.05, 0.1) is 11.1 Å². The highest BCUT2D eigenvalue weighted by Gasteiger charge is 2.38. The molecular formula is C25H23F6N3O3. The Morgan fingerprint density at radius 1 is 0.946 bits per heavy atom. The molecule has 1 saturated carbocycles. The number of nitrogens with one attached hydrogen (secondary N) is 2. The Labute approximate surface area is 207 Å². The largest absolute Gasteiger partial charge is 0.490 e.